The molecule has 4 rings (SSSR count). The number of nitrogens with zero attached hydrogens (tertiary/aromatic N) is 5. The van der Waals surface area contributed by atoms with Crippen LogP contribution in [0.5, 0.6) is 0 Å². The van der Waals surface area contributed by atoms with Crippen molar-refractivity contribution in [1.82, 2.24) is 25.4 Å². The molecule has 1 saturated heterocycles. The Bertz CT molecular complexity index is 1090. The van der Waals surface area contributed by atoms with Crippen LogP contribution in [0.3, 0.4) is 0 Å². The maximum atomic E-state index is 15.4. The largest absolute Gasteiger partial charge is 0.353 e. The summed E-state index contributed by atoms with van der Waals surface area (Å²) in [6.45, 7) is 0.967. The minimum Gasteiger partial charge on any atom is -0.353 e. The molecule has 2 amide bonds. The van der Waals surface area contributed by atoms with Gasteiger partial charge in [0.15, 0.2) is 17.9 Å². The van der Waals surface area contributed by atoms with Crippen LogP contribution in [0.15, 0.2) is 24.5 Å². The van der Waals surface area contributed by atoms with Gasteiger partial charge in [-0.15, -0.1) is 0 Å². The van der Waals surface area contributed by atoms with E-state index in [2.05, 4.69) is 25.8 Å². The quantitative estimate of drug-likeness (QED) is 0.212. The summed E-state index contributed by atoms with van der Waals surface area (Å²) in [5.41, 5.74) is 6.03. The molecule has 39 heavy (non-hydrogen) atoms. The number of halogens is 2. The third kappa shape index (κ3) is 8.45. The minimum atomic E-state index is -0.768. The van der Waals surface area contributed by atoms with E-state index in [1.807, 2.05) is 12.1 Å². The van der Waals surface area contributed by atoms with Gasteiger partial charge < -0.3 is 9.64 Å². The average molecular weight is 564 g/mol. The molecule has 0 radical (unpaired) electrons. The molecule has 0 bridgehead atoms. The van der Waals surface area contributed by atoms with Crippen molar-refractivity contribution in [3.8, 4) is 0 Å². The molecule has 1 unspecified atom stereocenters. The molecule has 2 N–H and O–H groups in total. The summed E-state index contributed by atoms with van der Waals surface area (Å²) in [6, 6.07) is 3.63. The fourth-order valence-electron chi connectivity index (χ4n) is 4.99. The number of ether oxygens (including phenoxy) is 1. The van der Waals surface area contributed by atoms with Crippen LogP contribution >= 0.6 is 11.6 Å². The first kappa shape index (κ1) is 28.9. The van der Waals surface area contributed by atoms with Crippen molar-refractivity contribution < 1.29 is 23.6 Å². The van der Waals surface area contributed by atoms with E-state index in [9.17, 15) is 9.59 Å². The van der Waals surface area contributed by atoms with E-state index in [1.165, 1.54) is 0 Å². The second-order valence-electron chi connectivity index (χ2n) is 9.99. The maximum Gasteiger partial charge on any atom is 0.243 e. The lowest BCUT2D eigenvalue weighted by Crippen LogP contribution is -2.43. The van der Waals surface area contributed by atoms with Gasteiger partial charge in [-0.3, -0.25) is 25.4 Å². The summed E-state index contributed by atoms with van der Waals surface area (Å²) in [6.07, 6.45) is 10.8. The zero-order valence-electron chi connectivity index (χ0n) is 22.0. The van der Waals surface area contributed by atoms with E-state index in [0.29, 0.717) is 38.3 Å². The van der Waals surface area contributed by atoms with Gasteiger partial charge in [-0.2, -0.15) is 14.4 Å². The van der Waals surface area contributed by atoms with Crippen LogP contribution in [0.25, 0.3) is 0 Å². The van der Waals surface area contributed by atoms with Crippen LogP contribution in [-0.2, 0) is 25.7 Å². The van der Waals surface area contributed by atoms with E-state index in [1.54, 1.807) is 24.3 Å². The first-order valence-corrected chi connectivity index (χ1v) is 13.7. The monoisotopic (exact) mass is 563 g/mol. The van der Waals surface area contributed by atoms with Crippen molar-refractivity contribution in [2.24, 2.45) is 11.8 Å². The standard InChI is InChI=1S/C26H35ClFN7O4/c1-34(15-19-9-11-29-12-10-19)24-22(28)23(30-26(27)31-24)32-33-25(37)20(14-18-6-2-3-7-18)16-35(17-36)39-21-8-4-5-13-38-21/h9-12,17-18,20-21H,2-8,13-16H2,1H3,(H,33,37)(H,30,31,32)/t20-,21?/m0/s1. The average Bonchev–Trinajstić information content (AvgIpc) is 3.46. The molecule has 1 aliphatic carbocycles. The van der Waals surface area contributed by atoms with Gasteiger partial charge in [-0.25, -0.2) is 9.90 Å². The number of anilines is 2. The normalized spacial score (nSPS) is 18.4. The number of nitrogens with one attached hydrogen (secondary N) is 2. The molecule has 1 saturated carbocycles. The number of aromatic nitrogens is 3. The molecule has 2 atom stereocenters. The number of hydroxylamine groups is 2. The molecule has 2 aromatic heterocycles. The van der Waals surface area contributed by atoms with Gasteiger partial charge in [0.1, 0.15) is 0 Å². The number of hydrazine groups is 1. The molecule has 11 nitrogen and oxygen atoms in total. The number of amides is 2. The molecule has 0 aromatic carbocycles. The summed E-state index contributed by atoms with van der Waals surface area (Å²) >= 11 is 6.09. The van der Waals surface area contributed by atoms with Crippen LogP contribution in [-0.4, -0.2) is 58.8 Å². The Labute approximate surface area is 232 Å². The number of carbonyl (C=O) groups excluding carboxylic acids is 2. The molecule has 3 heterocycles. The van der Waals surface area contributed by atoms with Crippen LogP contribution in [0.2, 0.25) is 5.28 Å². The molecular formula is C26H35ClFN7O4. The number of hydrogen-bond acceptors (Lipinski definition) is 9. The summed E-state index contributed by atoms with van der Waals surface area (Å²) in [7, 11) is 1.67. The van der Waals surface area contributed by atoms with Gasteiger partial charge in [-0.05, 0) is 54.5 Å². The fourth-order valence-corrected chi connectivity index (χ4v) is 5.16. The second kappa shape index (κ2) is 14.3. The Balaban J connectivity index is 1.42. The van der Waals surface area contributed by atoms with Gasteiger partial charge in [-0.1, -0.05) is 25.7 Å². The van der Waals surface area contributed by atoms with Crippen molar-refractivity contribution in [2.45, 2.75) is 64.2 Å². The first-order chi connectivity index (χ1) is 18.9. The predicted molar refractivity (Wildman–Crippen MR) is 143 cm³/mol. The van der Waals surface area contributed by atoms with Crippen LogP contribution in [0, 0.1) is 17.7 Å². The van der Waals surface area contributed by atoms with E-state index >= 15 is 4.39 Å². The molecule has 2 aliphatic rings. The van der Waals surface area contributed by atoms with Crippen molar-refractivity contribution in [3.05, 3.63) is 41.2 Å². The zero-order valence-corrected chi connectivity index (χ0v) is 22.8. The lowest BCUT2D eigenvalue weighted by molar-refractivity contribution is -0.276. The summed E-state index contributed by atoms with van der Waals surface area (Å²) in [5, 5.41) is 0.948. The molecule has 212 valence electrons. The molecule has 13 heteroatoms. The Hall–Kier alpha value is -3.09. The Morgan fingerprint density at radius 3 is 2.67 bits per heavy atom. The number of rotatable bonds is 13. The van der Waals surface area contributed by atoms with Crippen molar-refractivity contribution in [1.29, 1.82) is 0 Å². The van der Waals surface area contributed by atoms with Gasteiger partial charge in [0.2, 0.25) is 23.4 Å². The first-order valence-electron chi connectivity index (χ1n) is 13.3. The van der Waals surface area contributed by atoms with E-state index in [0.717, 1.165) is 49.2 Å². The van der Waals surface area contributed by atoms with Crippen molar-refractivity contribution >= 4 is 35.6 Å². The highest BCUT2D eigenvalue weighted by atomic mass is 35.5. The summed E-state index contributed by atoms with van der Waals surface area (Å²) < 4.78 is 20.9. The molecule has 0 spiro atoms. The predicted octanol–water partition coefficient (Wildman–Crippen LogP) is 3.86. The topological polar surface area (TPSA) is 122 Å². The smallest absolute Gasteiger partial charge is 0.243 e. The van der Waals surface area contributed by atoms with Gasteiger partial charge >= 0.3 is 0 Å². The third-order valence-electron chi connectivity index (χ3n) is 7.01. The third-order valence-corrected chi connectivity index (χ3v) is 7.18. The number of carbonyl (C=O) groups is 2. The molecule has 2 fully saturated rings. The van der Waals surface area contributed by atoms with Crippen molar-refractivity contribution in [3.63, 3.8) is 0 Å². The highest BCUT2D eigenvalue weighted by Gasteiger charge is 2.29. The molecule has 2 aromatic rings. The highest BCUT2D eigenvalue weighted by molar-refractivity contribution is 6.28. The fraction of sp³-hybridized carbons (Fsp3) is 0.577. The SMILES string of the molecule is CN(Cc1ccncc1)c1nc(Cl)nc(NNC(=O)[C@@H](CC2CCCC2)CN(C=O)OC2CCCCO2)c1F. The zero-order chi connectivity index (χ0) is 27.6. The molecule has 1 aliphatic heterocycles. The van der Waals surface area contributed by atoms with E-state index in [-0.39, 0.29) is 23.5 Å². The molecular weight excluding hydrogens is 529 g/mol. The van der Waals surface area contributed by atoms with Gasteiger partial charge in [0.25, 0.3) is 0 Å². The Morgan fingerprint density at radius 1 is 1.23 bits per heavy atom. The van der Waals surface area contributed by atoms with E-state index in [4.69, 9.17) is 21.2 Å². The Morgan fingerprint density at radius 2 is 1.97 bits per heavy atom. The van der Waals surface area contributed by atoms with Crippen LogP contribution in [0.4, 0.5) is 16.0 Å². The maximum absolute atomic E-state index is 15.4. The van der Waals surface area contributed by atoms with Crippen LogP contribution in [0.1, 0.15) is 56.9 Å². The lowest BCUT2D eigenvalue weighted by atomic mass is 9.92. The van der Waals surface area contributed by atoms with Gasteiger partial charge in [0.05, 0.1) is 12.5 Å². The van der Waals surface area contributed by atoms with Crippen molar-refractivity contribution in [2.75, 3.05) is 30.5 Å². The van der Waals surface area contributed by atoms with E-state index < -0.39 is 23.9 Å². The number of pyridine rings is 1. The second-order valence-corrected chi connectivity index (χ2v) is 10.3. The number of hydrogen-bond donors (Lipinski definition) is 2. The van der Waals surface area contributed by atoms with Gasteiger partial charge in [0, 0.05) is 39.0 Å². The Kier molecular flexibility index (Phi) is 10.6. The van der Waals surface area contributed by atoms with Crippen LogP contribution < -0.4 is 15.8 Å². The summed E-state index contributed by atoms with van der Waals surface area (Å²) in [4.78, 5) is 44.3. The summed E-state index contributed by atoms with van der Waals surface area (Å²) in [5.74, 6) is -1.71. The lowest BCUT2D eigenvalue weighted by Gasteiger charge is -2.30. The highest BCUT2D eigenvalue weighted by Crippen LogP contribution is 2.31. The minimum absolute atomic E-state index is 0.0286.